The lowest BCUT2D eigenvalue weighted by Gasteiger charge is -2.37. The maximum atomic E-state index is 13.7. The third-order valence-corrected chi connectivity index (χ3v) is 8.57. The number of carbonyl (C=O) groups excluding carboxylic acids is 1. The van der Waals surface area contributed by atoms with Gasteiger partial charge in [0, 0.05) is 73.9 Å². The van der Waals surface area contributed by atoms with Crippen molar-refractivity contribution in [2.24, 2.45) is 0 Å². The number of carbonyl (C=O) groups is 1. The van der Waals surface area contributed by atoms with E-state index >= 15 is 0 Å². The van der Waals surface area contributed by atoms with Crippen molar-refractivity contribution in [3.05, 3.63) is 48.4 Å². The van der Waals surface area contributed by atoms with Gasteiger partial charge in [0.1, 0.15) is 17.7 Å². The van der Waals surface area contributed by atoms with Gasteiger partial charge in [0.05, 0.1) is 11.9 Å². The molecule has 0 unspecified atom stereocenters. The van der Waals surface area contributed by atoms with E-state index in [1.165, 1.54) is 0 Å². The first kappa shape index (κ1) is 34.6. The maximum Gasteiger partial charge on any atom is 0.419 e. The first-order chi connectivity index (χ1) is 22.0. The molecule has 2 aliphatic rings. The van der Waals surface area contributed by atoms with E-state index in [1.54, 1.807) is 16.8 Å². The Morgan fingerprint density at radius 1 is 1.00 bits per heavy atom. The van der Waals surface area contributed by atoms with Crippen LogP contribution < -0.4 is 10.2 Å². The van der Waals surface area contributed by atoms with Gasteiger partial charge >= 0.3 is 18.4 Å². The van der Waals surface area contributed by atoms with Gasteiger partial charge in [-0.05, 0) is 63.8 Å². The van der Waals surface area contributed by atoms with Crippen molar-refractivity contribution in [1.82, 2.24) is 29.0 Å². The fourth-order valence-corrected chi connectivity index (χ4v) is 6.27. The van der Waals surface area contributed by atoms with Gasteiger partial charge in [0.25, 0.3) is 0 Å². The zero-order valence-corrected chi connectivity index (χ0v) is 26.9. The second kappa shape index (κ2) is 13.8. The molecule has 2 fully saturated rings. The Balaban J connectivity index is 1.15. The molecular weight excluding hydrogens is 650 g/mol. The van der Waals surface area contributed by atoms with Gasteiger partial charge in [-0.3, -0.25) is 4.68 Å². The summed E-state index contributed by atoms with van der Waals surface area (Å²) in [6.07, 6.45) is -5.89. The fraction of sp³-hybridized carbons (Fsp3) is 0.533. The maximum absolute atomic E-state index is 13.7. The molecule has 3 aromatic rings. The Hall–Kier alpha value is -3.73. The number of nitrogens with one attached hydrogen (secondary N) is 1. The summed E-state index contributed by atoms with van der Waals surface area (Å²) < 4.78 is 87.7. The van der Waals surface area contributed by atoms with E-state index in [-0.39, 0.29) is 23.6 Å². The van der Waals surface area contributed by atoms with Gasteiger partial charge in [-0.1, -0.05) is 6.07 Å². The highest BCUT2D eigenvalue weighted by atomic mass is 32.2. The number of piperidine rings is 1. The molecule has 0 aliphatic carbocycles. The summed E-state index contributed by atoms with van der Waals surface area (Å²) in [5.41, 5.74) is -1.36. The van der Waals surface area contributed by atoms with E-state index in [1.807, 2.05) is 39.0 Å². The van der Waals surface area contributed by atoms with Crippen molar-refractivity contribution >= 4 is 29.7 Å². The predicted molar refractivity (Wildman–Crippen MR) is 165 cm³/mol. The minimum Gasteiger partial charge on any atom is -0.444 e. The Bertz CT molecular complexity index is 1530. The number of piperazine rings is 1. The van der Waals surface area contributed by atoms with Crippen LogP contribution in [0.4, 0.5) is 42.8 Å². The number of anilines is 2. The first-order valence-electron chi connectivity index (χ1n) is 15.1. The van der Waals surface area contributed by atoms with Crippen LogP contribution in [0.5, 0.6) is 0 Å². The van der Waals surface area contributed by atoms with Crippen LogP contribution in [0.2, 0.25) is 0 Å². The van der Waals surface area contributed by atoms with Crippen LogP contribution in [-0.2, 0) is 17.5 Å². The summed E-state index contributed by atoms with van der Waals surface area (Å²) in [4.78, 5) is 25.3. The third-order valence-electron chi connectivity index (χ3n) is 7.48. The van der Waals surface area contributed by atoms with Gasteiger partial charge < -0.3 is 19.9 Å². The Morgan fingerprint density at radius 3 is 2.34 bits per heavy atom. The summed E-state index contributed by atoms with van der Waals surface area (Å²) in [5.74, 6) is -0.0397. The molecule has 256 valence electrons. The standard InChI is InChI=1S/C30H36F6N8O2S/c1-28(2,3)46-27(45)42-13-11-41(12-14-42)22-5-4-6-23(15-22)47-44-9-7-21(8-10-44)39-26-37-17-24(30(34,35)36)25(40-26)20-16-38-43(18-20)19-29(31,32)33/h4-6,15-18,21H,7-14,19H2,1-3H3,(H,37,39,40). The van der Waals surface area contributed by atoms with Crippen molar-refractivity contribution in [1.29, 1.82) is 0 Å². The number of hydrogen-bond acceptors (Lipinski definition) is 9. The minimum atomic E-state index is -4.81. The van der Waals surface area contributed by atoms with Crippen molar-refractivity contribution in [2.75, 3.05) is 49.5 Å². The van der Waals surface area contributed by atoms with Crippen LogP contribution in [0, 0.1) is 0 Å². The number of aromatic nitrogens is 4. The summed E-state index contributed by atoms with van der Waals surface area (Å²) in [6.45, 7) is 8.01. The van der Waals surface area contributed by atoms with Gasteiger partial charge in [-0.25, -0.2) is 19.1 Å². The number of ether oxygens (including phenoxy) is 1. The molecule has 0 bridgehead atoms. The van der Waals surface area contributed by atoms with E-state index in [0.717, 1.165) is 23.0 Å². The lowest BCUT2D eigenvalue weighted by molar-refractivity contribution is -0.142. The molecule has 47 heavy (non-hydrogen) atoms. The zero-order valence-electron chi connectivity index (χ0n) is 26.1. The molecule has 10 nitrogen and oxygen atoms in total. The summed E-state index contributed by atoms with van der Waals surface area (Å²) in [7, 11) is 0. The van der Waals surface area contributed by atoms with Gasteiger partial charge in [-0.15, -0.1) is 0 Å². The number of rotatable bonds is 7. The highest BCUT2D eigenvalue weighted by Gasteiger charge is 2.36. The quantitative estimate of drug-likeness (QED) is 0.219. The van der Waals surface area contributed by atoms with Crippen molar-refractivity contribution < 1.29 is 35.9 Å². The average Bonchev–Trinajstić information content (AvgIpc) is 3.44. The Labute approximate surface area is 272 Å². The molecule has 0 atom stereocenters. The van der Waals surface area contributed by atoms with Crippen molar-refractivity contribution in [3.8, 4) is 11.3 Å². The second-order valence-corrected chi connectivity index (χ2v) is 13.6. The van der Waals surface area contributed by atoms with Crippen molar-refractivity contribution in [3.63, 3.8) is 0 Å². The van der Waals surface area contributed by atoms with Gasteiger partial charge in [0.2, 0.25) is 5.95 Å². The molecule has 1 aromatic carbocycles. The molecule has 1 N–H and O–H groups in total. The van der Waals surface area contributed by atoms with Crippen molar-refractivity contribution in [2.45, 2.75) is 69.0 Å². The van der Waals surface area contributed by atoms with Crippen LogP contribution in [0.25, 0.3) is 11.3 Å². The van der Waals surface area contributed by atoms with Crippen LogP contribution in [0.1, 0.15) is 39.2 Å². The third kappa shape index (κ3) is 9.65. The predicted octanol–water partition coefficient (Wildman–Crippen LogP) is 6.56. The molecule has 2 aliphatic heterocycles. The number of halogens is 6. The zero-order chi connectivity index (χ0) is 34.0. The van der Waals surface area contributed by atoms with Gasteiger partial charge in [-0.2, -0.15) is 31.4 Å². The lowest BCUT2D eigenvalue weighted by Crippen LogP contribution is -2.50. The molecule has 1 amide bonds. The number of hydrogen-bond donors (Lipinski definition) is 1. The largest absolute Gasteiger partial charge is 0.444 e. The Morgan fingerprint density at radius 2 is 1.70 bits per heavy atom. The number of amides is 1. The summed E-state index contributed by atoms with van der Waals surface area (Å²) >= 11 is 1.62. The van der Waals surface area contributed by atoms with Gasteiger partial charge in [0.15, 0.2) is 0 Å². The first-order valence-corrected chi connectivity index (χ1v) is 15.9. The van der Waals surface area contributed by atoms with E-state index in [4.69, 9.17) is 4.74 Å². The number of nitrogens with zero attached hydrogens (tertiary/aromatic N) is 7. The van der Waals surface area contributed by atoms with E-state index in [0.29, 0.717) is 63.0 Å². The molecule has 0 spiro atoms. The molecule has 0 saturated carbocycles. The van der Waals surface area contributed by atoms with Crippen LogP contribution >= 0.6 is 11.9 Å². The highest BCUT2D eigenvalue weighted by molar-refractivity contribution is 7.97. The number of benzene rings is 1. The SMILES string of the molecule is CC(C)(C)OC(=O)N1CCN(c2cccc(SN3CCC(Nc4ncc(C(F)(F)F)c(-c5cnn(CC(F)(F)F)c5)n4)CC3)c2)CC1. The van der Waals surface area contributed by atoms with Crippen LogP contribution in [0.3, 0.4) is 0 Å². The molecule has 5 rings (SSSR count). The molecule has 2 saturated heterocycles. The fourth-order valence-electron chi connectivity index (χ4n) is 5.27. The smallest absolute Gasteiger partial charge is 0.419 e. The molecule has 0 radical (unpaired) electrons. The highest BCUT2D eigenvalue weighted by Crippen LogP contribution is 2.37. The van der Waals surface area contributed by atoms with E-state index in [2.05, 4.69) is 35.7 Å². The normalized spacial score (nSPS) is 17.2. The Kier molecular flexibility index (Phi) is 10.1. The number of alkyl halides is 6. The minimum absolute atomic E-state index is 0.0397. The molecule has 2 aromatic heterocycles. The molecule has 4 heterocycles. The average molecular weight is 687 g/mol. The summed E-state index contributed by atoms with van der Waals surface area (Å²) in [6, 6.07) is 8.08. The molecule has 17 heteroatoms. The molecular formula is C30H36F6N8O2S. The monoisotopic (exact) mass is 686 g/mol. The lowest BCUT2D eigenvalue weighted by atomic mass is 10.1. The van der Waals surface area contributed by atoms with E-state index < -0.39 is 35.8 Å². The second-order valence-electron chi connectivity index (χ2n) is 12.4. The summed E-state index contributed by atoms with van der Waals surface area (Å²) in [5, 5.41) is 6.66. The van der Waals surface area contributed by atoms with E-state index in [9.17, 15) is 31.1 Å². The topological polar surface area (TPSA) is 91.7 Å². The van der Waals surface area contributed by atoms with Crippen LogP contribution in [-0.4, -0.2) is 92.1 Å². The van der Waals surface area contributed by atoms with Crippen LogP contribution in [0.15, 0.2) is 47.8 Å².